The van der Waals surface area contributed by atoms with E-state index in [1.165, 1.54) is 23.1 Å². The zero-order valence-corrected chi connectivity index (χ0v) is 21.7. The van der Waals surface area contributed by atoms with Crippen molar-refractivity contribution in [1.82, 2.24) is 9.88 Å². The Balaban J connectivity index is 1.05. The van der Waals surface area contributed by atoms with Gasteiger partial charge < -0.3 is 14.8 Å². The van der Waals surface area contributed by atoms with E-state index in [4.69, 9.17) is 21.7 Å². The number of hydrogen-bond acceptors (Lipinski definition) is 8. The molecule has 3 aromatic rings. The van der Waals surface area contributed by atoms with Crippen molar-refractivity contribution in [2.45, 2.75) is 25.7 Å². The quantitative estimate of drug-likeness (QED) is 0.206. The summed E-state index contributed by atoms with van der Waals surface area (Å²) in [5, 5.41) is 5.42. The minimum atomic E-state index is -0.0848. The Morgan fingerprint density at radius 1 is 1.11 bits per heavy atom. The number of aromatic nitrogens is 1. The topological polar surface area (TPSA) is 80.8 Å². The summed E-state index contributed by atoms with van der Waals surface area (Å²) in [5.41, 5.74) is 2.74. The van der Waals surface area contributed by atoms with E-state index >= 15 is 0 Å². The van der Waals surface area contributed by atoms with E-state index in [9.17, 15) is 9.59 Å². The van der Waals surface area contributed by atoms with Crippen LogP contribution >= 0.6 is 35.3 Å². The number of thiazole rings is 1. The highest BCUT2D eigenvalue weighted by atomic mass is 32.2. The number of nitrogens with one attached hydrogen (secondary N) is 1. The van der Waals surface area contributed by atoms with Gasteiger partial charge in [-0.2, -0.15) is 0 Å². The minimum Gasteiger partial charge on any atom is -0.454 e. The molecule has 1 N–H and O–H groups in total. The van der Waals surface area contributed by atoms with Crippen LogP contribution in [0.15, 0.2) is 58.8 Å². The van der Waals surface area contributed by atoms with Gasteiger partial charge >= 0.3 is 0 Å². The van der Waals surface area contributed by atoms with Crippen LogP contribution in [0.4, 0.5) is 5.13 Å². The van der Waals surface area contributed by atoms with Gasteiger partial charge in [0, 0.05) is 23.9 Å². The lowest BCUT2D eigenvalue weighted by atomic mass is 10.1. The molecule has 2 aliphatic heterocycles. The number of amides is 2. The Hall–Kier alpha value is -3.21. The van der Waals surface area contributed by atoms with Crippen LogP contribution in [0.1, 0.15) is 31.2 Å². The lowest BCUT2D eigenvalue weighted by Crippen LogP contribution is -2.29. The molecule has 10 heteroatoms. The zero-order valence-electron chi connectivity index (χ0n) is 19.3. The predicted octanol–water partition coefficient (Wildman–Crippen LogP) is 5.94. The van der Waals surface area contributed by atoms with Gasteiger partial charge in [-0.1, -0.05) is 66.8 Å². The Kier molecular flexibility index (Phi) is 7.64. The number of benzene rings is 2. The number of thiocarbonyl (C=S) groups is 1. The number of rotatable bonds is 9. The molecule has 0 saturated carbocycles. The maximum Gasteiger partial charge on any atom is 0.266 e. The summed E-state index contributed by atoms with van der Waals surface area (Å²) in [5.74, 6) is 1.24. The molecular weight excluding hydrogens is 515 g/mol. The van der Waals surface area contributed by atoms with E-state index in [1.807, 2.05) is 60.0 Å². The van der Waals surface area contributed by atoms with Gasteiger partial charge in [-0.15, -0.1) is 11.3 Å². The van der Waals surface area contributed by atoms with Crippen LogP contribution in [0, 0.1) is 0 Å². The van der Waals surface area contributed by atoms with Gasteiger partial charge in [-0.3, -0.25) is 14.5 Å². The van der Waals surface area contributed by atoms with Crippen molar-refractivity contribution in [3.8, 4) is 22.8 Å². The van der Waals surface area contributed by atoms with Crippen LogP contribution in [0.5, 0.6) is 11.5 Å². The Morgan fingerprint density at radius 3 is 2.81 bits per heavy atom. The number of ether oxygens (including phenoxy) is 2. The van der Waals surface area contributed by atoms with Crippen LogP contribution in [0.2, 0.25) is 0 Å². The monoisotopic (exact) mass is 537 g/mol. The van der Waals surface area contributed by atoms with Gasteiger partial charge in [0.15, 0.2) is 16.6 Å². The third kappa shape index (κ3) is 5.77. The Bertz CT molecular complexity index is 1320. The summed E-state index contributed by atoms with van der Waals surface area (Å²) in [6.45, 7) is 0.750. The molecule has 2 aromatic carbocycles. The number of anilines is 1. The molecule has 2 aliphatic rings. The standard InChI is InChI=1S/C26H23N3O4S3/c30-23(28-25-27-19(15-35-25)18-7-3-1-4-8-18)9-5-2-6-12-29-24(31)22(36-26(29)34)14-17-10-11-20-21(13-17)33-16-32-20/h1,3-4,7-8,10-11,13-15H,2,5-6,9,12,16H2,(H,27,28,30). The molecule has 7 nitrogen and oxygen atoms in total. The van der Waals surface area contributed by atoms with Crippen molar-refractivity contribution in [2.24, 2.45) is 0 Å². The normalized spacial score (nSPS) is 15.7. The van der Waals surface area contributed by atoms with Gasteiger partial charge in [0.1, 0.15) is 4.32 Å². The van der Waals surface area contributed by atoms with Crippen LogP contribution < -0.4 is 14.8 Å². The van der Waals surface area contributed by atoms with Gasteiger partial charge in [-0.05, 0) is 36.6 Å². The second-order valence-electron chi connectivity index (χ2n) is 8.21. The first-order chi connectivity index (χ1) is 17.6. The summed E-state index contributed by atoms with van der Waals surface area (Å²) in [6, 6.07) is 15.4. The minimum absolute atomic E-state index is 0.0544. The smallest absolute Gasteiger partial charge is 0.266 e. The first kappa shape index (κ1) is 24.5. The summed E-state index contributed by atoms with van der Waals surface area (Å²) < 4.78 is 11.3. The van der Waals surface area contributed by atoms with Crippen LogP contribution in [-0.4, -0.2) is 39.4 Å². The van der Waals surface area contributed by atoms with E-state index < -0.39 is 0 Å². The predicted molar refractivity (Wildman–Crippen MR) is 147 cm³/mol. The fraction of sp³-hybridized carbons (Fsp3) is 0.231. The molecule has 0 spiro atoms. The van der Waals surface area contributed by atoms with Crippen molar-refractivity contribution in [1.29, 1.82) is 0 Å². The molecule has 184 valence electrons. The van der Waals surface area contributed by atoms with E-state index in [0.29, 0.717) is 38.8 Å². The first-order valence-corrected chi connectivity index (χ1v) is 13.6. The number of unbranched alkanes of at least 4 members (excludes halogenated alkanes) is 2. The number of fused-ring (bicyclic) bond motifs is 1. The molecule has 3 heterocycles. The van der Waals surface area contributed by atoms with E-state index in [0.717, 1.165) is 36.1 Å². The molecule has 1 aromatic heterocycles. The SMILES string of the molecule is O=C(CCCCCN1C(=O)C(=Cc2ccc3c(c2)OCO3)SC1=S)Nc1nc(-c2ccccc2)cs1. The fourth-order valence-electron chi connectivity index (χ4n) is 3.83. The number of carbonyl (C=O) groups is 2. The number of thioether (sulfide) groups is 1. The summed E-state index contributed by atoms with van der Waals surface area (Å²) in [4.78, 5) is 31.9. The molecule has 1 fully saturated rings. The molecule has 0 aliphatic carbocycles. The van der Waals surface area contributed by atoms with Crippen molar-refractivity contribution in [3.05, 3.63) is 64.4 Å². The second kappa shape index (κ2) is 11.2. The Morgan fingerprint density at radius 2 is 1.94 bits per heavy atom. The van der Waals surface area contributed by atoms with E-state index in [1.54, 1.807) is 4.90 Å². The summed E-state index contributed by atoms with van der Waals surface area (Å²) in [6.07, 6.45) is 4.55. The van der Waals surface area contributed by atoms with Crippen molar-refractivity contribution >= 4 is 62.7 Å². The summed E-state index contributed by atoms with van der Waals surface area (Å²) >= 11 is 8.16. The van der Waals surface area contributed by atoms with Gasteiger partial charge in [0.05, 0.1) is 10.6 Å². The molecule has 5 rings (SSSR count). The molecule has 0 bridgehead atoms. The van der Waals surface area contributed by atoms with Crippen LogP contribution in [0.3, 0.4) is 0 Å². The maximum absolute atomic E-state index is 12.9. The highest BCUT2D eigenvalue weighted by molar-refractivity contribution is 8.26. The largest absolute Gasteiger partial charge is 0.454 e. The third-order valence-electron chi connectivity index (χ3n) is 5.67. The molecule has 0 atom stereocenters. The number of carbonyl (C=O) groups excluding carboxylic acids is 2. The van der Waals surface area contributed by atoms with Gasteiger partial charge in [-0.25, -0.2) is 4.98 Å². The van der Waals surface area contributed by atoms with Gasteiger partial charge in [0.25, 0.3) is 5.91 Å². The van der Waals surface area contributed by atoms with E-state index in [2.05, 4.69) is 10.3 Å². The van der Waals surface area contributed by atoms with Crippen LogP contribution in [-0.2, 0) is 9.59 Å². The lowest BCUT2D eigenvalue weighted by molar-refractivity contribution is -0.122. The number of hydrogen-bond donors (Lipinski definition) is 1. The van der Waals surface area contributed by atoms with Gasteiger partial charge in [0.2, 0.25) is 12.7 Å². The van der Waals surface area contributed by atoms with Crippen molar-refractivity contribution < 1.29 is 19.1 Å². The highest BCUT2D eigenvalue weighted by Crippen LogP contribution is 2.36. The fourth-order valence-corrected chi connectivity index (χ4v) is 5.88. The average Bonchev–Trinajstić information content (AvgIpc) is 3.60. The zero-order chi connectivity index (χ0) is 24.9. The average molecular weight is 538 g/mol. The lowest BCUT2D eigenvalue weighted by Gasteiger charge is -2.14. The van der Waals surface area contributed by atoms with Crippen molar-refractivity contribution in [2.75, 3.05) is 18.7 Å². The molecule has 2 amide bonds. The molecule has 36 heavy (non-hydrogen) atoms. The molecule has 1 saturated heterocycles. The summed E-state index contributed by atoms with van der Waals surface area (Å²) in [7, 11) is 0. The molecule has 0 radical (unpaired) electrons. The first-order valence-electron chi connectivity index (χ1n) is 11.5. The van der Waals surface area contributed by atoms with E-state index in [-0.39, 0.29) is 18.6 Å². The molecule has 0 unspecified atom stereocenters. The highest BCUT2D eigenvalue weighted by Gasteiger charge is 2.31. The molecular formula is C26H23N3O4S3. The third-order valence-corrected chi connectivity index (χ3v) is 7.81. The number of nitrogens with zero attached hydrogens (tertiary/aromatic N) is 2. The Labute approximate surface area is 222 Å². The van der Waals surface area contributed by atoms with Crippen molar-refractivity contribution in [3.63, 3.8) is 0 Å². The maximum atomic E-state index is 12.9. The second-order valence-corrected chi connectivity index (χ2v) is 10.7. The van der Waals surface area contributed by atoms with Crippen LogP contribution in [0.25, 0.3) is 17.3 Å².